The lowest BCUT2D eigenvalue weighted by Crippen LogP contribution is -2.50. The number of carbonyl (C=O) groups is 1. The van der Waals surface area contributed by atoms with Crippen molar-refractivity contribution < 1.29 is 9.53 Å². The Labute approximate surface area is 181 Å². The monoisotopic (exact) mass is 424 g/mol. The van der Waals surface area contributed by atoms with Gasteiger partial charge >= 0.3 is 0 Å². The van der Waals surface area contributed by atoms with Crippen LogP contribution in [0.4, 0.5) is 5.82 Å². The van der Waals surface area contributed by atoms with E-state index in [4.69, 9.17) is 9.72 Å². The Balaban J connectivity index is 1.71. The molecular weight excluding hydrogens is 396 g/mol. The quantitative estimate of drug-likeness (QED) is 0.639. The average Bonchev–Trinajstić information content (AvgIpc) is 3.17. The van der Waals surface area contributed by atoms with Crippen molar-refractivity contribution in [3.63, 3.8) is 0 Å². The zero-order chi connectivity index (χ0) is 22.0. The minimum Gasteiger partial charge on any atom is -0.378 e. The van der Waals surface area contributed by atoms with Crippen molar-refractivity contribution in [3.8, 4) is 11.4 Å². The molecule has 1 aliphatic heterocycles. The summed E-state index contributed by atoms with van der Waals surface area (Å²) in [4.78, 5) is 37.3. The summed E-state index contributed by atoms with van der Waals surface area (Å²) in [6.07, 6.45) is 5.02. The van der Waals surface area contributed by atoms with Gasteiger partial charge in [0.2, 0.25) is 5.91 Å². The Morgan fingerprint density at radius 2 is 1.87 bits per heavy atom. The zero-order valence-electron chi connectivity index (χ0n) is 18.4. The predicted octanol–water partition coefficient (Wildman–Crippen LogP) is 1.91. The number of carbonyl (C=O) groups excluding carboxylic acids is 1. The van der Waals surface area contributed by atoms with Gasteiger partial charge in [-0.2, -0.15) is 0 Å². The maximum absolute atomic E-state index is 13.2. The van der Waals surface area contributed by atoms with Gasteiger partial charge in [-0.25, -0.2) is 24.9 Å². The normalized spacial score (nSPS) is 15.5. The third kappa shape index (κ3) is 4.20. The Morgan fingerprint density at radius 3 is 2.52 bits per heavy atom. The lowest BCUT2D eigenvalue weighted by molar-refractivity contribution is -0.137. The van der Waals surface area contributed by atoms with Crippen molar-refractivity contribution in [1.82, 2.24) is 34.4 Å². The Bertz CT molecular complexity index is 1060. The molecule has 4 heterocycles. The molecule has 164 valence electrons. The number of hydrogen-bond acceptors (Lipinski definition) is 8. The van der Waals surface area contributed by atoms with Crippen LogP contribution < -0.4 is 5.32 Å². The summed E-state index contributed by atoms with van der Waals surface area (Å²) in [6.45, 7) is 10.9. The van der Waals surface area contributed by atoms with Gasteiger partial charge in [-0.3, -0.25) is 4.79 Å². The second-order valence-electron chi connectivity index (χ2n) is 7.90. The van der Waals surface area contributed by atoms with Crippen molar-refractivity contribution in [2.75, 3.05) is 31.6 Å². The van der Waals surface area contributed by atoms with E-state index in [-0.39, 0.29) is 11.8 Å². The zero-order valence-corrected chi connectivity index (χ0v) is 18.4. The van der Waals surface area contributed by atoms with Crippen LogP contribution in [0.1, 0.15) is 26.6 Å². The molecule has 0 saturated carbocycles. The number of amides is 1. The number of aryl methyl sites for hydroxylation is 2. The smallest absolute Gasteiger partial charge is 0.245 e. The molecule has 1 fully saturated rings. The third-order valence-electron chi connectivity index (χ3n) is 5.44. The van der Waals surface area contributed by atoms with Crippen molar-refractivity contribution >= 4 is 22.9 Å². The molecule has 31 heavy (non-hydrogen) atoms. The Hall–Kier alpha value is -3.14. The number of aromatic nitrogens is 6. The number of rotatable bonds is 6. The maximum Gasteiger partial charge on any atom is 0.245 e. The number of nitrogens with zero attached hydrogens (tertiary/aromatic N) is 7. The molecule has 3 aromatic heterocycles. The number of hydrogen-bond donors (Lipinski definition) is 1. The number of fused-ring (bicyclic) bond motifs is 1. The van der Waals surface area contributed by atoms with Crippen LogP contribution in [0.5, 0.6) is 0 Å². The van der Waals surface area contributed by atoms with E-state index < -0.39 is 6.04 Å². The summed E-state index contributed by atoms with van der Waals surface area (Å²) in [5, 5.41) is 3.35. The van der Waals surface area contributed by atoms with Crippen LogP contribution in [0.3, 0.4) is 0 Å². The van der Waals surface area contributed by atoms with Gasteiger partial charge in [0.25, 0.3) is 0 Å². The van der Waals surface area contributed by atoms with E-state index in [1.165, 1.54) is 6.33 Å². The molecule has 1 aliphatic rings. The molecule has 10 heteroatoms. The van der Waals surface area contributed by atoms with Gasteiger partial charge in [0.1, 0.15) is 24.0 Å². The van der Waals surface area contributed by atoms with Crippen LogP contribution in [0.15, 0.2) is 18.7 Å². The summed E-state index contributed by atoms with van der Waals surface area (Å²) in [7, 11) is 0. The first-order chi connectivity index (χ1) is 15.0. The van der Waals surface area contributed by atoms with Crippen molar-refractivity contribution in [2.45, 2.75) is 40.3 Å². The number of nitrogens with one attached hydrogen (secondary N) is 1. The fourth-order valence-electron chi connectivity index (χ4n) is 3.71. The van der Waals surface area contributed by atoms with Gasteiger partial charge in [0.15, 0.2) is 17.0 Å². The van der Waals surface area contributed by atoms with Crippen LogP contribution in [-0.2, 0) is 16.1 Å². The molecular formula is C21H28N8O2. The number of morpholine rings is 1. The third-order valence-corrected chi connectivity index (χ3v) is 5.44. The highest BCUT2D eigenvalue weighted by atomic mass is 16.5. The second-order valence-corrected chi connectivity index (χ2v) is 7.90. The van der Waals surface area contributed by atoms with E-state index in [1.807, 2.05) is 37.2 Å². The first kappa shape index (κ1) is 21.1. The summed E-state index contributed by atoms with van der Waals surface area (Å²) in [6, 6.07) is -0.422. The first-order valence-corrected chi connectivity index (χ1v) is 10.6. The predicted molar refractivity (Wildman–Crippen MR) is 116 cm³/mol. The van der Waals surface area contributed by atoms with E-state index in [0.717, 1.165) is 11.4 Å². The van der Waals surface area contributed by atoms with Gasteiger partial charge in [0.05, 0.1) is 18.8 Å². The number of ether oxygens (including phenoxy) is 1. The molecule has 0 unspecified atom stereocenters. The fraction of sp³-hybridized carbons (Fsp3) is 0.524. The molecule has 1 atom stereocenters. The minimum absolute atomic E-state index is 0.0483. The lowest BCUT2D eigenvalue weighted by atomic mass is 10.0. The molecule has 10 nitrogen and oxygen atoms in total. The van der Waals surface area contributed by atoms with Crippen molar-refractivity contribution in [3.05, 3.63) is 24.5 Å². The largest absolute Gasteiger partial charge is 0.378 e. The molecule has 0 bridgehead atoms. The summed E-state index contributed by atoms with van der Waals surface area (Å²) >= 11 is 0. The van der Waals surface area contributed by atoms with Gasteiger partial charge in [0, 0.05) is 32.0 Å². The van der Waals surface area contributed by atoms with Crippen LogP contribution in [-0.4, -0.2) is 72.6 Å². The minimum atomic E-state index is -0.422. The van der Waals surface area contributed by atoms with E-state index in [9.17, 15) is 4.79 Å². The molecule has 1 saturated heterocycles. The van der Waals surface area contributed by atoms with Crippen molar-refractivity contribution in [1.29, 1.82) is 0 Å². The number of anilines is 1. The first-order valence-electron chi connectivity index (χ1n) is 10.6. The summed E-state index contributed by atoms with van der Waals surface area (Å²) in [5.74, 6) is 2.09. The summed E-state index contributed by atoms with van der Waals surface area (Å²) in [5.41, 5.74) is 2.14. The van der Waals surface area contributed by atoms with E-state index in [2.05, 4.69) is 25.3 Å². The average molecular weight is 425 g/mol. The van der Waals surface area contributed by atoms with E-state index in [1.54, 1.807) is 12.4 Å². The molecule has 1 N–H and O–H groups in total. The van der Waals surface area contributed by atoms with Gasteiger partial charge in [-0.1, -0.05) is 13.8 Å². The summed E-state index contributed by atoms with van der Waals surface area (Å²) < 4.78 is 7.39. The van der Waals surface area contributed by atoms with E-state index >= 15 is 0 Å². The Kier molecular flexibility index (Phi) is 6.08. The highest BCUT2D eigenvalue weighted by Crippen LogP contribution is 2.27. The van der Waals surface area contributed by atoms with Gasteiger partial charge in [-0.15, -0.1) is 0 Å². The molecule has 3 aromatic rings. The highest BCUT2D eigenvalue weighted by molar-refractivity contribution is 5.90. The van der Waals surface area contributed by atoms with Crippen LogP contribution in [0.2, 0.25) is 0 Å². The van der Waals surface area contributed by atoms with E-state index in [0.29, 0.717) is 55.7 Å². The highest BCUT2D eigenvalue weighted by Gasteiger charge is 2.29. The fourth-order valence-corrected chi connectivity index (χ4v) is 3.71. The lowest BCUT2D eigenvalue weighted by Gasteiger charge is -2.32. The molecule has 1 amide bonds. The van der Waals surface area contributed by atoms with Crippen LogP contribution >= 0.6 is 0 Å². The maximum atomic E-state index is 13.2. The van der Waals surface area contributed by atoms with Gasteiger partial charge < -0.3 is 19.5 Å². The standard InChI is InChI=1S/C21H28N8O2/c1-5-29-19(15-10-22-14(4)23-11-15)27-17-18(24-12-25-20(17)29)26-16(13(2)3)21(30)28-6-8-31-9-7-28/h10-13,16H,5-9H2,1-4H3,(H,24,25,26)/t16-/m0/s1. The van der Waals surface area contributed by atoms with Crippen LogP contribution in [0.25, 0.3) is 22.6 Å². The number of imidazole rings is 1. The molecule has 0 aromatic carbocycles. The van der Waals surface area contributed by atoms with Gasteiger partial charge in [-0.05, 0) is 19.8 Å². The molecule has 0 radical (unpaired) electrons. The molecule has 4 rings (SSSR count). The molecule has 0 aliphatic carbocycles. The van der Waals surface area contributed by atoms with Crippen molar-refractivity contribution in [2.24, 2.45) is 5.92 Å². The van der Waals surface area contributed by atoms with Crippen LogP contribution in [0, 0.1) is 12.8 Å². The molecule has 0 spiro atoms. The Morgan fingerprint density at radius 1 is 1.16 bits per heavy atom. The second kappa shape index (κ2) is 8.93. The topological polar surface area (TPSA) is 111 Å². The SMILES string of the molecule is CCn1c(-c2cnc(C)nc2)nc2c(N[C@H](C(=O)N3CCOCC3)C(C)C)ncnc21.